The lowest BCUT2D eigenvalue weighted by Gasteiger charge is -2.17. The summed E-state index contributed by atoms with van der Waals surface area (Å²) in [6.07, 6.45) is -1.13. The number of fused-ring (bicyclic) bond motifs is 1. The van der Waals surface area contributed by atoms with Crippen molar-refractivity contribution in [2.24, 2.45) is 0 Å². The van der Waals surface area contributed by atoms with Crippen molar-refractivity contribution >= 4 is 22.6 Å². The van der Waals surface area contributed by atoms with Gasteiger partial charge in [-0.2, -0.15) is 13.2 Å². The van der Waals surface area contributed by atoms with Crippen LogP contribution < -0.4 is 4.90 Å². The number of alkyl halides is 3. The van der Waals surface area contributed by atoms with Gasteiger partial charge in [0.05, 0.1) is 29.1 Å². The Morgan fingerprint density at radius 3 is 2.79 bits per heavy atom. The Morgan fingerprint density at radius 2 is 2.06 bits per heavy atom. The van der Waals surface area contributed by atoms with Gasteiger partial charge in [-0.3, -0.25) is 4.79 Å². The van der Waals surface area contributed by atoms with E-state index in [9.17, 15) is 18.0 Å². The fourth-order valence-corrected chi connectivity index (χ4v) is 4.14. The van der Waals surface area contributed by atoms with E-state index in [2.05, 4.69) is 19.9 Å². The van der Waals surface area contributed by atoms with Crippen LogP contribution in [-0.4, -0.2) is 52.0 Å². The summed E-state index contributed by atoms with van der Waals surface area (Å²) in [7, 11) is 1.61. The minimum Gasteiger partial charge on any atom is -0.380 e. The van der Waals surface area contributed by atoms with Gasteiger partial charge in [0.25, 0.3) is 0 Å². The predicted octanol–water partition coefficient (Wildman–Crippen LogP) is 4.57. The Morgan fingerprint density at radius 1 is 1.26 bits per heavy atom. The summed E-state index contributed by atoms with van der Waals surface area (Å²) in [5.41, 5.74) is -0.691. The third-order valence-corrected chi connectivity index (χ3v) is 5.91. The Balaban J connectivity index is 1.46. The lowest BCUT2D eigenvalue weighted by Crippen LogP contribution is -2.24. The second-order valence-corrected chi connectivity index (χ2v) is 8.01. The maximum atomic E-state index is 15.2. The molecule has 0 amide bonds. The number of rotatable bonds is 5. The highest BCUT2D eigenvalue weighted by atomic mass is 19.4. The first kappa shape index (κ1) is 22.1. The molecule has 1 saturated heterocycles. The number of hydrogen-bond donors (Lipinski definition) is 2. The molecule has 4 heterocycles. The molecule has 1 atom stereocenters. The largest absolute Gasteiger partial charge is 0.417 e. The molecule has 11 heteroatoms. The summed E-state index contributed by atoms with van der Waals surface area (Å²) in [5, 5.41) is 0. The number of aromatic amines is 2. The van der Waals surface area contributed by atoms with Gasteiger partial charge in [0.1, 0.15) is 5.52 Å². The molecule has 4 aromatic rings. The third-order valence-electron chi connectivity index (χ3n) is 5.91. The molecular weight excluding hydrogens is 454 g/mol. The molecule has 1 aliphatic heterocycles. The highest BCUT2D eigenvalue weighted by Gasteiger charge is 2.35. The van der Waals surface area contributed by atoms with Crippen molar-refractivity contribution in [3.63, 3.8) is 0 Å². The van der Waals surface area contributed by atoms with Gasteiger partial charge >= 0.3 is 6.18 Å². The summed E-state index contributed by atoms with van der Waals surface area (Å²) >= 11 is 0. The summed E-state index contributed by atoms with van der Waals surface area (Å²) in [6.45, 7) is 1.12. The number of carbonyl (C=O) groups excluding carboxylic acids is 1. The number of ketones is 1. The second kappa shape index (κ2) is 8.24. The van der Waals surface area contributed by atoms with E-state index in [0.29, 0.717) is 24.3 Å². The number of pyridine rings is 1. The number of halogens is 4. The molecule has 7 nitrogen and oxygen atoms in total. The number of ether oxygens (including phenoxy) is 1. The molecule has 2 N–H and O–H groups in total. The number of carbonyl (C=O) groups is 1. The highest BCUT2D eigenvalue weighted by molar-refractivity contribution is 6.10. The topological polar surface area (TPSA) is 86.9 Å². The van der Waals surface area contributed by atoms with Gasteiger partial charge in [-0.1, -0.05) is 18.2 Å². The fourth-order valence-electron chi connectivity index (χ4n) is 4.14. The molecule has 0 radical (unpaired) electrons. The molecule has 1 fully saturated rings. The summed E-state index contributed by atoms with van der Waals surface area (Å²) in [4.78, 5) is 28.9. The first-order valence-electron chi connectivity index (χ1n) is 10.5. The SMILES string of the molecule is CO[C@H]1CCN(c2ncc3[nH]c(-c4cc(C(=O)c5ccccc5C(F)(F)F)c[nH]4)nc3c2F)C1. The van der Waals surface area contributed by atoms with Crippen LogP contribution in [0.5, 0.6) is 0 Å². The number of H-pyrrole nitrogens is 2. The predicted molar refractivity (Wildman–Crippen MR) is 116 cm³/mol. The number of methoxy groups -OCH3 is 1. The van der Waals surface area contributed by atoms with Gasteiger partial charge in [0.2, 0.25) is 0 Å². The maximum absolute atomic E-state index is 15.2. The minimum absolute atomic E-state index is 0.00370. The van der Waals surface area contributed by atoms with Crippen molar-refractivity contribution in [3.8, 4) is 11.5 Å². The number of imidazole rings is 1. The van der Waals surface area contributed by atoms with E-state index in [1.165, 1.54) is 30.6 Å². The van der Waals surface area contributed by atoms with Crippen molar-refractivity contribution in [1.29, 1.82) is 0 Å². The quantitative estimate of drug-likeness (QED) is 0.328. The maximum Gasteiger partial charge on any atom is 0.417 e. The second-order valence-electron chi connectivity index (χ2n) is 8.01. The van der Waals surface area contributed by atoms with Gasteiger partial charge in [0.15, 0.2) is 23.2 Å². The normalized spacial score (nSPS) is 16.5. The number of aromatic nitrogens is 4. The molecule has 176 valence electrons. The third kappa shape index (κ3) is 3.81. The van der Waals surface area contributed by atoms with Gasteiger partial charge in [-0.15, -0.1) is 0 Å². The summed E-state index contributed by atoms with van der Waals surface area (Å²) in [6, 6.07) is 5.97. The van der Waals surface area contributed by atoms with Gasteiger partial charge in [0, 0.05) is 37.5 Å². The molecule has 1 aliphatic rings. The number of benzene rings is 1. The zero-order chi connectivity index (χ0) is 24.0. The van der Waals surface area contributed by atoms with Crippen molar-refractivity contribution in [2.75, 3.05) is 25.1 Å². The van der Waals surface area contributed by atoms with Crippen LogP contribution in [0.4, 0.5) is 23.4 Å². The summed E-state index contributed by atoms with van der Waals surface area (Å²) in [5.74, 6) is -0.967. The molecule has 0 bridgehead atoms. The van der Waals surface area contributed by atoms with Crippen LogP contribution in [0.2, 0.25) is 0 Å². The van der Waals surface area contributed by atoms with Crippen LogP contribution in [0.3, 0.4) is 0 Å². The van der Waals surface area contributed by atoms with Gasteiger partial charge in [-0.25, -0.2) is 14.4 Å². The van der Waals surface area contributed by atoms with Crippen LogP contribution in [-0.2, 0) is 10.9 Å². The van der Waals surface area contributed by atoms with Gasteiger partial charge in [-0.05, 0) is 18.6 Å². The molecule has 3 aromatic heterocycles. The first-order chi connectivity index (χ1) is 16.3. The lowest BCUT2D eigenvalue weighted by molar-refractivity contribution is -0.137. The Labute approximate surface area is 190 Å². The standard InChI is InChI=1S/C23H19F4N5O2/c1-34-13-6-7-32(11-13)22-18(24)19-17(10-29-22)30-21(31-19)16-8-12(9-28-16)20(33)14-4-2-3-5-15(14)23(25,26)27/h2-5,8-10,13,28H,6-7,11H2,1H3,(H,30,31)/t13-/m0/s1. The monoisotopic (exact) mass is 473 g/mol. The Kier molecular flexibility index (Phi) is 5.35. The van der Waals surface area contributed by atoms with Crippen LogP contribution in [0.1, 0.15) is 27.9 Å². The van der Waals surface area contributed by atoms with E-state index in [4.69, 9.17) is 4.74 Å². The molecule has 0 saturated carbocycles. The first-order valence-corrected chi connectivity index (χ1v) is 10.5. The molecule has 1 aromatic carbocycles. The average Bonchev–Trinajstić information content (AvgIpc) is 3.57. The zero-order valence-electron chi connectivity index (χ0n) is 17.9. The Bertz CT molecular complexity index is 1380. The lowest BCUT2D eigenvalue weighted by atomic mass is 9.99. The molecule has 34 heavy (non-hydrogen) atoms. The number of nitrogens with zero attached hydrogens (tertiary/aromatic N) is 3. The zero-order valence-corrected chi connectivity index (χ0v) is 17.9. The molecular formula is C23H19F4N5O2. The number of anilines is 1. The number of hydrogen-bond acceptors (Lipinski definition) is 5. The Hall–Kier alpha value is -3.73. The van der Waals surface area contributed by atoms with E-state index in [1.54, 1.807) is 12.0 Å². The van der Waals surface area contributed by atoms with Crippen LogP contribution in [0.25, 0.3) is 22.6 Å². The van der Waals surface area contributed by atoms with Crippen LogP contribution >= 0.6 is 0 Å². The van der Waals surface area contributed by atoms with E-state index in [-0.39, 0.29) is 28.8 Å². The molecule has 5 rings (SSSR count). The van der Waals surface area contributed by atoms with Gasteiger partial charge < -0.3 is 19.6 Å². The van der Waals surface area contributed by atoms with Crippen molar-refractivity contribution in [2.45, 2.75) is 18.7 Å². The molecule has 0 spiro atoms. The van der Waals surface area contributed by atoms with Crippen molar-refractivity contribution < 1.29 is 27.1 Å². The van der Waals surface area contributed by atoms with Crippen LogP contribution in [0.15, 0.2) is 42.7 Å². The minimum atomic E-state index is -4.66. The van der Waals surface area contributed by atoms with E-state index in [1.807, 2.05) is 0 Å². The van der Waals surface area contributed by atoms with Crippen molar-refractivity contribution in [3.05, 3.63) is 65.2 Å². The molecule has 0 unspecified atom stereocenters. The smallest absolute Gasteiger partial charge is 0.380 e. The highest BCUT2D eigenvalue weighted by Crippen LogP contribution is 2.33. The van der Waals surface area contributed by atoms with Crippen LogP contribution in [0, 0.1) is 5.82 Å². The van der Waals surface area contributed by atoms with E-state index < -0.39 is 28.9 Å². The average molecular weight is 473 g/mol. The molecule has 0 aliphatic carbocycles. The number of nitrogens with one attached hydrogen (secondary N) is 2. The summed E-state index contributed by atoms with van der Waals surface area (Å²) < 4.78 is 60.4. The van der Waals surface area contributed by atoms with E-state index >= 15 is 4.39 Å². The van der Waals surface area contributed by atoms with Crippen molar-refractivity contribution in [1.82, 2.24) is 19.9 Å². The van der Waals surface area contributed by atoms with E-state index in [0.717, 1.165) is 18.6 Å². The fraction of sp³-hybridized carbons (Fsp3) is 0.261.